The molecule has 2 aliphatic carbocycles. The van der Waals surface area contributed by atoms with Gasteiger partial charge in [0, 0.05) is 11.4 Å². The maximum Gasteiger partial charge on any atom is 0.0352 e. The van der Waals surface area contributed by atoms with E-state index in [1.54, 1.807) is 0 Å². The summed E-state index contributed by atoms with van der Waals surface area (Å²) in [6.45, 7) is 0. The van der Waals surface area contributed by atoms with E-state index >= 15 is 0 Å². The summed E-state index contributed by atoms with van der Waals surface area (Å²) in [6, 6.07) is 14.9. The molecule has 0 amide bonds. The normalized spacial score (nSPS) is 24.0. The molecule has 0 heterocycles. The van der Waals surface area contributed by atoms with Crippen LogP contribution in [-0.2, 0) is 6.42 Å². The molecule has 4 rings (SSSR count). The van der Waals surface area contributed by atoms with Crippen molar-refractivity contribution in [2.75, 3.05) is 11.5 Å². The second-order valence-electron chi connectivity index (χ2n) is 8.89. The van der Waals surface area contributed by atoms with Gasteiger partial charge in [-0.2, -0.15) is 0 Å². The van der Waals surface area contributed by atoms with Gasteiger partial charge < -0.3 is 11.5 Å². The Kier molecular flexibility index (Phi) is 5.71. The van der Waals surface area contributed by atoms with Crippen LogP contribution in [0.1, 0.15) is 80.4 Å². The highest BCUT2D eigenvalue weighted by atomic mass is 14.6. The summed E-state index contributed by atoms with van der Waals surface area (Å²) >= 11 is 0. The van der Waals surface area contributed by atoms with Gasteiger partial charge in [-0.25, -0.2) is 0 Å². The monoisotopic (exact) mass is 362 g/mol. The highest BCUT2D eigenvalue weighted by molar-refractivity contribution is 5.52. The van der Waals surface area contributed by atoms with Gasteiger partial charge in [0.25, 0.3) is 0 Å². The standard InChI is InChI=1S/C25H34N2/c26-23-13-6-18(7-14-23)16-19-8-15-24(25(27)17-19)22-11-9-21(10-12-22)20-4-2-1-3-5-20/h6-8,13-15,17,20-22H,1-5,9-12,16,26-27H2. The molecule has 0 aromatic heterocycles. The second kappa shape index (κ2) is 8.37. The van der Waals surface area contributed by atoms with Crippen LogP contribution in [0.3, 0.4) is 0 Å². The molecule has 27 heavy (non-hydrogen) atoms. The minimum Gasteiger partial charge on any atom is -0.399 e. The first-order valence-corrected chi connectivity index (χ1v) is 10.9. The lowest BCUT2D eigenvalue weighted by Gasteiger charge is -2.36. The molecule has 0 unspecified atom stereocenters. The third-order valence-electron chi connectivity index (χ3n) is 7.07. The van der Waals surface area contributed by atoms with Gasteiger partial charge in [-0.3, -0.25) is 0 Å². The molecule has 0 radical (unpaired) electrons. The molecule has 2 aromatic carbocycles. The number of anilines is 2. The first-order valence-electron chi connectivity index (χ1n) is 10.9. The van der Waals surface area contributed by atoms with E-state index in [0.29, 0.717) is 5.92 Å². The highest BCUT2D eigenvalue weighted by Gasteiger charge is 2.29. The number of nitrogen functional groups attached to an aromatic ring is 2. The molecule has 4 N–H and O–H groups in total. The smallest absolute Gasteiger partial charge is 0.0352 e. The third-order valence-corrected chi connectivity index (χ3v) is 7.07. The van der Waals surface area contributed by atoms with Crippen LogP contribution in [0.2, 0.25) is 0 Å². The first kappa shape index (κ1) is 18.4. The van der Waals surface area contributed by atoms with E-state index in [0.717, 1.165) is 29.6 Å². The van der Waals surface area contributed by atoms with E-state index in [4.69, 9.17) is 11.5 Å². The summed E-state index contributed by atoms with van der Waals surface area (Å²) in [5, 5.41) is 0. The molecular formula is C25H34N2. The van der Waals surface area contributed by atoms with Crippen molar-refractivity contribution >= 4 is 11.4 Å². The average molecular weight is 363 g/mol. The van der Waals surface area contributed by atoms with Crippen molar-refractivity contribution in [3.63, 3.8) is 0 Å². The minimum absolute atomic E-state index is 0.662. The number of rotatable bonds is 4. The first-order chi connectivity index (χ1) is 13.2. The SMILES string of the molecule is Nc1ccc(Cc2ccc(C3CCC(C4CCCCC4)CC3)c(N)c2)cc1. The Bertz CT molecular complexity index is 735. The van der Waals surface area contributed by atoms with Crippen LogP contribution in [0.25, 0.3) is 0 Å². The Morgan fingerprint density at radius 1 is 0.667 bits per heavy atom. The Balaban J connectivity index is 1.37. The van der Waals surface area contributed by atoms with Crippen LogP contribution < -0.4 is 11.5 Å². The van der Waals surface area contributed by atoms with Gasteiger partial charge in [0.15, 0.2) is 0 Å². The van der Waals surface area contributed by atoms with E-state index in [1.807, 2.05) is 12.1 Å². The van der Waals surface area contributed by atoms with Crippen molar-refractivity contribution in [3.05, 3.63) is 59.2 Å². The quantitative estimate of drug-likeness (QED) is 0.627. The summed E-state index contributed by atoms with van der Waals surface area (Å²) in [5.74, 6) is 2.65. The molecular weight excluding hydrogens is 328 g/mol. The molecule has 2 saturated carbocycles. The van der Waals surface area contributed by atoms with Gasteiger partial charge in [-0.15, -0.1) is 0 Å². The van der Waals surface area contributed by atoms with Crippen molar-refractivity contribution in [1.29, 1.82) is 0 Å². The van der Waals surface area contributed by atoms with Crippen molar-refractivity contribution in [2.45, 2.75) is 70.1 Å². The van der Waals surface area contributed by atoms with E-state index in [2.05, 4.69) is 30.3 Å². The lowest BCUT2D eigenvalue weighted by molar-refractivity contribution is 0.186. The van der Waals surface area contributed by atoms with E-state index in [9.17, 15) is 0 Å². The Morgan fingerprint density at radius 3 is 1.96 bits per heavy atom. The van der Waals surface area contributed by atoms with E-state index in [1.165, 1.54) is 74.5 Å². The number of hydrogen-bond acceptors (Lipinski definition) is 2. The topological polar surface area (TPSA) is 52.0 Å². The van der Waals surface area contributed by atoms with Crippen LogP contribution >= 0.6 is 0 Å². The zero-order chi connectivity index (χ0) is 18.6. The summed E-state index contributed by atoms with van der Waals surface area (Å²) in [6.07, 6.45) is 13.7. The minimum atomic E-state index is 0.662. The number of nitrogens with two attached hydrogens (primary N) is 2. The van der Waals surface area contributed by atoms with E-state index < -0.39 is 0 Å². The molecule has 2 nitrogen and oxygen atoms in total. The summed E-state index contributed by atoms with van der Waals surface area (Å²) in [5.41, 5.74) is 18.0. The lowest BCUT2D eigenvalue weighted by atomic mass is 9.69. The average Bonchev–Trinajstić information content (AvgIpc) is 2.71. The molecule has 0 aliphatic heterocycles. The van der Waals surface area contributed by atoms with Crippen molar-refractivity contribution in [2.24, 2.45) is 11.8 Å². The molecule has 0 spiro atoms. The number of benzene rings is 2. The molecule has 2 aromatic rings. The fraction of sp³-hybridized carbons (Fsp3) is 0.520. The van der Waals surface area contributed by atoms with Crippen LogP contribution in [0, 0.1) is 11.8 Å². The zero-order valence-corrected chi connectivity index (χ0v) is 16.5. The van der Waals surface area contributed by atoms with Gasteiger partial charge in [0.2, 0.25) is 0 Å². The van der Waals surface area contributed by atoms with Crippen molar-refractivity contribution < 1.29 is 0 Å². The zero-order valence-electron chi connectivity index (χ0n) is 16.5. The second-order valence-corrected chi connectivity index (χ2v) is 8.89. The third kappa shape index (κ3) is 4.48. The number of hydrogen-bond donors (Lipinski definition) is 2. The molecule has 2 aliphatic rings. The van der Waals surface area contributed by atoms with Gasteiger partial charge >= 0.3 is 0 Å². The fourth-order valence-electron chi connectivity index (χ4n) is 5.48. The molecule has 144 valence electrons. The molecule has 0 bridgehead atoms. The Hall–Kier alpha value is -1.96. The summed E-state index contributed by atoms with van der Waals surface area (Å²) < 4.78 is 0. The predicted octanol–water partition coefficient (Wildman–Crippen LogP) is 6.30. The summed E-state index contributed by atoms with van der Waals surface area (Å²) in [7, 11) is 0. The molecule has 2 heteroatoms. The van der Waals surface area contributed by atoms with Gasteiger partial charge in [0.05, 0.1) is 0 Å². The molecule has 0 saturated heterocycles. The highest BCUT2D eigenvalue weighted by Crippen LogP contribution is 2.44. The molecule has 0 atom stereocenters. The van der Waals surface area contributed by atoms with Gasteiger partial charge in [-0.05, 0) is 84.7 Å². The Labute approximate surface area is 164 Å². The maximum absolute atomic E-state index is 6.49. The fourth-order valence-corrected chi connectivity index (χ4v) is 5.48. The van der Waals surface area contributed by atoms with Crippen LogP contribution in [0.4, 0.5) is 11.4 Å². The van der Waals surface area contributed by atoms with Crippen LogP contribution in [0.5, 0.6) is 0 Å². The van der Waals surface area contributed by atoms with Crippen molar-refractivity contribution in [1.82, 2.24) is 0 Å². The summed E-state index contributed by atoms with van der Waals surface area (Å²) in [4.78, 5) is 0. The van der Waals surface area contributed by atoms with E-state index in [-0.39, 0.29) is 0 Å². The Morgan fingerprint density at radius 2 is 1.30 bits per heavy atom. The largest absolute Gasteiger partial charge is 0.399 e. The van der Waals surface area contributed by atoms with Gasteiger partial charge in [-0.1, -0.05) is 56.4 Å². The van der Waals surface area contributed by atoms with Gasteiger partial charge in [0.1, 0.15) is 0 Å². The van der Waals surface area contributed by atoms with Crippen LogP contribution in [0.15, 0.2) is 42.5 Å². The van der Waals surface area contributed by atoms with Crippen molar-refractivity contribution in [3.8, 4) is 0 Å². The molecule has 2 fully saturated rings. The predicted molar refractivity (Wildman–Crippen MR) is 116 cm³/mol. The van der Waals surface area contributed by atoms with Crippen LogP contribution in [-0.4, -0.2) is 0 Å². The lowest BCUT2D eigenvalue weighted by Crippen LogP contribution is -2.23. The maximum atomic E-state index is 6.49.